The van der Waals surface area contributed by atoms with Crippen molar-refractivity contribution in [3.63, 3.8) is 0 Å². The Bertz CT molecular complexity index is 1230. The summed E-state index contributed by atoms with van der Waals surface area (Å²) in [6, 6.07) is 15.3. The molecule has 0 bridgehead atoms. The highest BCUT2D eigenvalue weighted by molar-refractivity contribution is 7.80. The molecule has 4 rings (SSSR count). The highest BCUT2D eigenvalue weighted by Gasteiger charge is 2.20. The number of benzene rings is 2. The van der Waals surface area contributed by atoms with E-state index in [9.17, 15) is 4.79 Å². The Morgan fingerprint density at radius 3 is 2.64 bits per heavy atom. The minimum atomic E-state index is -0.212. The number of carbonyl (C=O) groups is 1. The number of carbonyl (C=O) groups excluding carboxylic acids is 1. The summed E-state index contributed by atoms with van der Waals surface area (Å²) < 4.78 is 8.00. The Morgan fingerprint density at radius 1 is 1.12 bits per heavy atom. The van der Waals surface area contributed by atoms with Crippen molar-refractivity contribution >= 4 is 46.1 Å². The van der Waals surface area contributed by atoms with Gasteiger partial charge < -0.3 is 25.6 Å². The Labute approximate surface area is 196 Å². The van der Waals surface area contributed by atoms with Crippen molar-refractivity contribution in [2.75, 3.05) is 6.61 Å². The minimum Gasteiger partial charge on any atom is -0.494 e. The first kappa shape index (κ1) is 22.3. The van der Waals surface area contributed by atoms with E-state index in [1.54, 1.807) is 12.1 Å². The zero-order valence-electron chi connectivity index (χ0n) is 18.0. The number of unbranched alkanes of at least 4 members (excludes halogenated alkanes) is 2. The predicted molar refractivity (Wildman–Crippen MR) is 132 cm³/mol. The Hall–Kier alpha value is -3.85. The van der Waals surface area contributed by atoms with Crippen LogP contribution in [0.5, 0.6) is 5.75 Å². The van der Waals surface area contributed by atoms with Gasteiger partial charge in [0.1, 0.15) is 11.4 Å². The van der Waals surface area contributed by atoms with Gasteiger partial charge in [-0.3, -0.25) is 10.1 Å². The lowest BCUT2D eigenvalue weighted by molar-refractivity contribution is -0.115. The van der Waals surface area contributed by atoms with E-state index in [0.29, 0.717) is 23.0 Å². The lowest BCUT2D eigenvalue weighted by Gasteiger charge is -2.08. The third-order valence-corrected chi connectivity index (χ3v) is 5.61. The van der Waals surface area contributed by atoms with E-state index >= 15 is 0 Å². The fourth-order valence-electron chi connectivity index (χ4n) is 3.74. The zero-order valence-corrected chi connectivity index (χ0v) is 18.8. The van der Waals surface area contributed by atoms with E-state index in [-0.39, 0.29) is 11.7 Å². The normalized spacial score (nSPS) is 15.2. The van der Waals surface area contributed by atoms with Crippen LogP contribution in [0.15, 0.2) is 65.6 Å². The smallest absolute Gasteiger partial charge is 0.273 e. The molecule has 0 atom stereocenters. The molecule has 170 valence electrons. The van der Waals surface area contributed by atoms with Crippen LogP contribution >= 0.6 is 12.2 Å². The molecule has 1 aromatic heterocycles. The zero-order chi connectivity index (χ0) is 23.2. The summed E-state index contributed by atoms with van der Waals surface area (Å²) in [6.45, 7) is 1.49. The summed E-state index contributed by atoms with van der Waals surface area (Å²) in [5.74, 6) is 0.615. The Balaban J connectivity index is 1.30. The van der Waals surface area contributed by atoms with E-state index in [1.165, 1.54) is 0 Å². The standard InChI is InChI=1S/C24H25N5O3S/c25-22(28-31)16-8-10-18(11-9-16)32-13-5-1-4-12-29-15-17(19-6-2-3-7-21(19)29)14-20-23(30)27-24(33)26-20/h2-3,6-11,14-15,31H,1,4-5,12-13H2,(H2,25,28)(H2,26,27,30,33)/b20-14-. The second kappa shape index (κ2) is 10.2. The SMILES string of the molecule is N/C(=N\O)c1ccc(OCCCCCn2cc(/C=C3\NC(=S)NC3=O)c3ccccc32)cc1. The number of aryl methyl sites for hydroxylation is 1. The van der Waals surface area contributed by atoms with Gasteiger partial charge in [0.15, 0.2) is 10.9 Å². The van der Waals surface area contributed by atoms with E-state index in [4.69, 9.17) is 27.9 Å². The second-order valence-corrected chi connectivity index (χ2v) is 8.09. The van der Waals surface area contributed by atoms with Crippen molar-refractivity contribution in [1.82, 2.24) is 15.2 Å². The molecule has 0 aliphatic carbocycles. The van der Waals surface area contributed by atoms with Crippen LogP contribution < -0.4 is 21.1 Å². The molecule has 1 aliphatic rings. The molecular weight excluding hydrogens is 438 g/mol. The maximum atomic E-state index is 12.0. The third kappa shape index (κ3) is 5.32. The van der Waals surface area contributed by atoms with Crippen LogP contribution in [0.3, 0.4) is 0 Å². The van der Waals surface area contributed by atoms with Gasteiger partial charge in [-0.2, -0.15) is 0 Å². The average Bonchev–Trinajstić information content (AvgIpc) is 3.34. The highest BCUT2D eigenvalue weighted by Crippen LogP contribution is 2.24. The van der Waals surface area contributed by atoms with Crippen LogP contribution in [0.1, 0.15) is 30.4 Å². The lowest BCUT2D eigenvalue weighted by atomic mass is 10.1. The van der Waals surface area contributed by atoms with Crippen LogP contribution in [0.25, 0.3) is 17.0 Å². The minimum absolute atomic E-state index is 0.0738. The predicted octanol–water partition coefficient (Wildman–Crippen LogP) is 3.33. The molecule has 2 heterocycles. The number of nitrogens with one attached hydrogen (secondary N) is 2. The number of fused-ring (bicyclic) bond motifs is 1. The molecule has 3 aromatic rings. The molecule has 0 spiro atoms. The molecule has 1 fully saturated rings. The van der Waals surface area contributed by atoms with Crippen molar-refractivity contribution in [2.45, 2.75) is 25.8 Å². The van der Waals surface area contributed by atoms with Crippen molar-refractivity contribution < 1.29 is 14.7 Å². The summed E-state index contributed by atoms with van der Waals surface area (Å²) in [5.41, 5.74) is 8.78. The molecule has 0 saturated carbocycles. The summed E-state index contributed by atoms with van der Waals surface area (Å²) in [6.07, 6.45) is 6.87. The number of ether oxygens (including phenoxy) is 1. The number of rotatable bonds is 9. The van der Waals surface area contributed by atoms with Crippen LogP contribution in [-0.4, -0.2) is 33.2 Å². The molecule has 2 aromatic carbocycles. The van der Waals surface area contributed by atoms with Crippen molar-refractivity contribution in [3.8, 4) is 5.75 Å². The van der Waals surface area contributed by atoms with Gasteiger partial charge in [-0.1, -0.05) is 23.4 Å². The van der Waals surface area contributed by atoms with Gasteiger partial charge in [0.05, 0.1) is 6.61 Å². The number of aromatic nitrogens is 1. The van der Waals surface area contributed by atoms with Gasteiger partial charge in [0.25, 0.3) is 5.91 Å². The summed E-state index contributed by atoms with van der Waals surface area (Å²) in [7, 11) is 0. The van der Waals surface area contributed by atoms with Crippen molar-refractivity contribution in [3.05, 3.63) is 71.6 Å². The monoisotopic (exact) mass is 463 g/mol. The highest BCUT2D eigenvalue weighted by atomic mass is 32.1. The molecule has 0 unspecified atom stereocenters. The van der Waals surface area contributed by atoms with E-state index < -0.39 is 0 Å². The number of thiocarbonyl (C=S) groups is 1. The van der Waals surface area contributed by atoms with Gasteiger partial charge in [-0.15, -0.1) is 0 Å². The molecule has 1 amide bonds. The molecule has 8 nitrogen and oxygen atoms in total. The number of amides is 1. The maximum absolute atomic E-state index is 12.0. The first-order valence-corrected chi connectivity index (χ1v) is 11.1. The summed E-state index contributed by atoms with van der Waals surface area (Å²) in [5, 5.41) is 18.6. The number of hydrogen-bond donors (Lipinski definition) is 4. The van der Waals surface area contributed by atoms with Crippen LogP contribution in [-0.2, 0) is 11.3 Å². The van der Waals surface area contributed by atoms with Crippen molar-refractivity contribution in [2.24, 2.45) is 10.9 Å². The Morgan fingerprint density at radius 2 is 1.91 bits per heavy atom. The second-order valence-electron chi connectivity index (χ2n) is 7.68. The number of hydrogen-bond acceptors (Lipinski definition) is 5. The number of amidine groups is 1. The largest absolute Gasteiger partial charge is 0.494 e. The topological polar surface area (TPSA) is 114 Å². The van der Waals surface area contributed by atoms with E-state index in [0.717, 1.165) is 48.0 Å². The van der Waals surface area contributed by atoms with Crippen LogP contribution in [0.2, 0.25) is 0 Å². The quantitative estimate of drug-likeness (QED) is 0.0736. The van der Waals surface area contributed by atoms with Crippen LogP contribution in [0, 0.1) is 0 Å². The Kier molecular flexibility index (Phi) is 6.89. The fraction of sp³-hybridized carbons (Fsp3) is 0.208. The lowest BCUT2D eigenvalue weighted by Crippen LogP contribution is -2.21. The number of para-hydroxylation sites is 1. The van der Waals surface area contributed by atoms with Gasteiger partial charge >= 0.3 is 0 Å². The molecule has 5 N–H and O–H groups in total. The molecule has 9 heteroatoms. The number of nitrogens with two attached hydrogens (primary N) is 1. The first-order chi connectivity index (χ1) is 16.0. The number of nitrogens with zero attached hydrogens (tertiary/aromatic N) is 2. The molecule has 0 radical (unpaired) electrons. The third-order valence-electron chi connectivity index (χ3n) is 5.41. The van der Waals surface area contributed by atoms with E-state index in [1.807, 2.05) is 30.3 Å². The van der Waals surface area contributed by atoms with Crippen molar-refractivity contribution in [1.29, 1.82) is 0 Å². The van der Waals surface area contributed by atoms with Gasteiger partial charge in [-0.05, 0) is 67.9 Å². The maximum Gasteiger partial charge on any atom is 0.273 e. The fourth-order valence-corrected chi connectivity index (χ4v) is 3.95. The molecule has 1 aliphatic heterocycles. The summed E-state index contributed by atoms with van der Waals surface area (Å²) >= 11 is 5.02. The first-order valence-electron chi connectivity index (χ1n) is 10.7. The molecular formula is C24H25N5O3S. The van der Waals surface area contributed by atoms with Crippen LogP contribution in [0.4, 0.5) is 0 Å². The van der Waals surface area contributed by atoms with Gasteiger partial charge in [-0.25, -0.2) is 0 Å². The van der Waals surface area contributed by atoms with E-state index in [2.05, 4.69) is 38.7 Å². The summed E-state index contributed by atoms with van der Waals surface area (Å²) in [4.78, 5) is 12.0. The van der Waals surface area contributed by atoms with Gasteiger partial charge in [0.2, 0.25) is 0 Å². The average molecular weight is 464 g/mol. The number of oxime groups is 1. The molecule has 1 saturated heterocycles. The molecule has 33 heavy (non-hydrogen) atoms. The van der Waals surface area contributed by atoms with Gasteiger partial charge in [0, 0.05) is 34.8 Å².